The second-order valence-electron chi connectivity index (χ2n) is 12.6. The molecule has 2 saturated heterocycles. The summed E-state index contributed by atoms with van der Waals surface area (Å²) in [4.78, 5) is 26.0. The van der Waals surface area contributed by atoms with Crippen LogP contribution in [-0.2, 0) is 17.6 Å². The molecule has 2 aromatic carbocycles. The number of aryl methyl sites for hydroxylation is 2. The molecule has 2 bridgehead atoms. The molecule has 0 spiro atoms. The monoisotopic (exact) mass is 584 g/mol. The average Bonchev–Trinajstić information content (AvgIpc) is 3.38. The average molecular weight is 585 g/mol. The smallest absolute Gasteiger partial charge is 0.271 e. The van der Waals surface area contributed by atoms with Crippen molar-refractivity contribution in [2.45, 2.75) is 50.2 Å². The molecule has 3 aromatic heterocycles. The molecule has 3 unspecified atom stereocenters. The molecule has 8 nitrogen and oxygen atoms in total. The molecule has 0 radical (unpaired) electrons. The number of pyridine rings is 2. The lowest BCUT2D eigenvalue weighted by Crippen LogP contribution is -2.66. The number of amides is 1. The van der Waals surface area contributed by atoms with E-state index in [2.05, 4.69) is 56.5 Å². The summed E-state index contributed by atoms with van der Waals surface area (Å²) in [6.07, 6.45) is 7.96. The van der Waals surface area contributed by atoms with E-state index in [0.29, 0.717) is 29.5 Å². The molecular weight excluding hydrogens is 548 g/mol. The van der Waals surface area contributed by atoms with Crippen LogP contribution in [0.15, 0.2) is 72.9 Å². The van der Waals surface area contributed by atoms with Gasteiger partial charge in [0.05, 0.1) is 24.6 Å². The number of H-pyrrole nitrogens is 1. The van der Waals surface area contributed by atoms with E-state index in [4.69, 9.17) is 9.72 Å². The fraction of sp³-hybridized carbons (Fsp3) is 0.333. The Kier molecular flexibility index (Phi) is 6.76. The zero-order valence-corrected chi connectivity index (χ0v) is 25.2. The number of carbonyl (C=O) groups excluding carboxylic acids is 1. The summed E-state index contributed by atoms with van der Waals surface area (Å²) >= 11 is 0. The number of ether oxygens (including phenoxy) is 1. The molecule has 3 atom stereocenters. The van der Waals surface area contributed by atoms with Crippen LogP contribution in [0.1, 0.15) is 40.9 Å². The van der Waals surface area contributed by atoms with Gasteiger partial charge in [-0.05, 0) is 67.0 Å². The van der Waals surface area contributed by atoms with Crippen molar-refractivity contribution >= 4 is 16.9 Å². The van der Waals surface area contributed by atoms with Gasteiger partial charge < -0.3 is 9.64 Å². The Morgan fingerprint density at radius 1 is 0.864 bits per heavy atom. The molecule has 222 valence electrons. The minimum atomic E-state index is -0.112. The number of fused-ring (bicyclic) bond motifs is 4. The van der Waals surface area contributed by atoms with Crippen molar-refractivity contribution in [1.29, 1.82) is 0 Å². The first-order valence-corrected chi connectivity index (χ1v) is 15.6. The van der Waals surface area contributed by atoms with Gasteiger partial charge in [-0.15, -0.1) is 0 Å². The van der Waals surface area contributed by atoms with Crippen molar-refractivity contribution < 1.29 is 9.53 Å². The molecule has 8 heteroatoms. The Morgan fingerprint density at radius 2 is 1.61 bits per heavy atom. The molecule has 1 amide bonds. The lowest BCUT2D eigenvalue weighted by Gasteiger charge is -2.56. The number of aromatic amines is 1. The van der Waals surface area contributed by atoms with Crippen LogP contribution in [0.4, 0.5) is 0 Å². The van der Waals surface area contributed by atoms with E-state index >= 15 is 0 Å². The fourth-order valence-corrected chi connectivity index (χ4v) is 7.36. The van der Waals surface area contributed by atoms with Crippen molar-refractivity contribution in [2.75, 3.05) is 27.3 Å². The first-order valence-electron chi connectivity index (χ1n) is 15.6. The predicted molar refractivity (Wildman–Crippen MR) is 171 cm³/mol. The van der Waals surface area contributed by atoms with Gasteiger partial charge in [0.1, 0.15) is 5.69 Å². The minimum Gasteiger partial charge on any atom is -0.378 e. The van der Waals surface area contributed by atoms with E-state index in [-0.39, 0.29) is 5.91 Å². The van der Waals surface area contributed by atoms with Crippen LogP contribution in [0.2, 0.25) is 0 Å². The summed E-state index contributed by atoms with van der Waals surface area (Å²) in [5.41, 5.74) is 10.1. The molecule has 44 heavy (non-hydrogen) atoms. The van der Waals surface area contributed by atoms with Crippen molar-refractivity contribution in [3.63, 3.8) is 0 Å². The van der Waals surface area contributed by atoms with Gasteiger partial charge in [0.25, 0.3) is 5.91 Å². The molecule has 3 aliphatic rings. The van der Waals surface area contributed by atoms with Crippen LogP contribution in [-0.4, -0.2) is 81.3 Å². The summed E-state index contributed by atoms with van der Waals surface area (Å²) in [5, 5.41) is 8.71. The van der Waals surface area contributed by atoms with E-state index < -0.39 is 0 Å². The first kappa shape index (κ1) is 27.2. The minimum absolute atomic E-state index is 0.112. The summed E-state index contributed by atoms with van der Waals surface area (Å²) in [6.45, 7) is 1.81. The summed E-state index contributed by atoms with van der Waals surface area (Å²) in [7, 11) is 3.47. The van der Waals surface area contributed by atoms with Gasteiger partial charge >= 0.3 is 0 Å². The topological polar surface area (TPSA) is 87.2 Å². The van der Waals surface area contributed by atoms with Gasteiger partial charge in [-0.25, -0.2) is 9.97 Å². The number of nitrogens with one attached hydrogen (secondary N) is 1. The van der Waals surface area contributed by atoms with Gasteiger partial charge in [-0.1, -0.05) is 48.5 Å². The van der Waals surface area contributed by atoms with E-state index in [9.17, 15) is 4.79 Å². The number of morpholine rings is 1. The third-order valence-electron chi connectivity index (χ3n) is 9.72. The Labute approximate surface area is 257 Å². The highest BCUT2D eigenvalue weighted by Gasteiger charge is 2.45. The molecule has 8 rings (SSSR count). The predicted octanol–water partition coefficient (Wildman–Crippen LogP) is 5.78. The van der Waals surface area contributed by atoms with Gasteiger partial charge in [-0.3, -0.25) is 14.8 Å². The van der Waals surface area contributed by atoms with Crippen LogP contribution in [0.3, 0.4) is 0 Å². The molecule has 2 aliphatic heterocycles. The molecule has 1 aliphatic carbocycles. The van der Waals surface area contributed by atoms with Crippen molar-refractivity contribution in [3.05, 3.63) is 89.7 Å². The number of hydrogen-bond donors (Lipinski definition) is 1. The molecule has 5 heterocycles. The summed E-state index contributed by atoms with van der Waals surface area (Å²) in [5.74, 6) is -0.112. The van der Waals surface area contributed by atoms with Crippen LogP contribution in [0, 0.1) is 0 Å². The summed E-state index contributed by atoms with van der Waals surface area (Å²) < 4.78 is 5.74. The lowest BCUT2D eigenvalue weighted by molar-refractivity contribution is -0.148. The van der Waals surface area contributed by atoms with Gasteiger partial charge in [0, 0.05) is 60.5 Å². The largest absolute Gasteiger partial charge is 0.378 e. The van der Waals surface area contributed by atoms with E-state index in [1.54, 1.807) is 20.2 Å². The highest BCUT2D eigenvalue weighted by Crippen LogP contribution is 2.38. The number of nitrogens with zero attached hydrogens (tertiary/aromatic N) is 5. The van der Waals surface area contributed by atoms with Gasteiger partial charge in [0.15, 0.2) is 5.65 Å². The van der Waals surface area contributed by atoms with Gasteiger partial charge in [0.2, 0.25) is 0 Å². The van der Waals surface area contributed by atoms with Crippen molar-refractivity contribution in [2.24, 2.45) is 0 Å². The van der Waals surface area contributed by atoms with E-state index in [1.807, 2.05) is 30.5 Å². The standard InChI is InChI=1S/C36H36N6O2/c1-41(2)36(43)33-5-3-4-32(38-33)23-7-9-24(10-8-23)34-31-17-27(19-37-35(31)40-39-34)26-11-6-22-12-14-28(15-13-25(22)16-26)42-29-18-30(42)21-44-20-29/h3-11,16-17,19,28-30H,12-15,18,20-21H2,1-2H3,(H,37,39,40). The number of aromatic nitrogens is 4. The number of hydrogen-bond acceptors (Lipinski definition) is 6. The highest BCUT2D eigenvalue weighted by molar-refractivity contribution is 5.94. The van der Waals surface area contributed by atoms with Crippen molar-refractivity contribution in [1.82, 2.24) is 30.0 Å². The SMILES string of the molecule is CN(C)C(=O)c1cccc(-c2ccc(-c3[nH]nc4ncc(-c5ccc6c(c5)CCC(N5C7COCC5C7)CC6)cc34)cc2)n1. The molecule has 1 N–H and O–H groups in total. The summed E-state index contributed by atoms with van der Waals surface area (Å²) in [6, 6.07) is 24.8. The van der Waals surface area contributed by atoms with E-state index in [0.717, 1.165) is 59.5 Å². The Hall–Kier alpha value is -4.40. The van der Waals surface area contributed by atoms with Crippen LogP contribution < -0.4 is 0 Å². The van der Waals surface area contributed by atoms with Crippen LogP contribution in [0.5, 0.6) is 0 Å². The third-order valence-corrected chi connectivity index (χ3v) is 9.72. The lowest BCUT2D eigenvalue weighted by atomic mass is 9.87. The zero-order chi connectivity index (χ0) is 29.8. The molecular formula is C36H36N6O2. The van der Waals surface area contributed by atoms with Gasteiger partial charge in [-0.2, -0.15) is 5.10 Å². The van der Waals surface area contributed by atoms with Crippen LogP contribution >= 0.6 is 0 Å². The Morgan fingerprint density at radius 3 is 2.39 bits per heavy atom. The Bertz CT molecular complexity index is 1850. The normalized spacial score (nSPS) is 21.4. The fourth-order valence-electron chi connectivity index (χ4n) is 7.36. The first-order chi connectivity index (χ1) is 21.5. The quantitative estimate of drug-likeness (QED) is 0.264. The molecule has 2 fully saturated rings. The second kappa shape index (κ2) is 10.9. The second-order valence-corrected chi connectivity index (χ2v) is 12.6. The number of rotatable bonds is 5. The van der Waals surface area contributed by atoms with Crippen LogP contribution in [0.25, 0.3) is 44.7 Å². The maximum absolute atomic E-state index is 12.4. The maximum atomic E-state index is 12.4. The molecule has 5 aromatic rings. The third kappa shape index (κ3) is 4.78. The maximum Gasteiger partial charge on any atom is 0.271 e. The van der Waals surface area contributed by atoms with E-state index in [1.165, 1.54) is 40.9 Å². The zero-order valence-electron chi connectivity index (χ0n) is 25.2. The highest BCUT2D eigenvalue weighted by atomic mass is 16.5. The number of benzene rings is 2. The Balaban J connectivity index is 1.04. The number of carbonyl (C=O) groups is 1. The molecule has 0 saturated carbocycles. The van der Waals surface area contributed by atoms with Crippen molar-refractivity contribution in [3.8, 4) is 33.6 Å².